The molecule has 0 spiro atoms. The summed E-state index contributed by atoms with van der Waals surface area (Å²) in [6.07, 6.45) is 11.0. The SMILES string of the molecule is C[C@H]1O[C@@H](O[C@@H]2CC[C@]3(C=NCCN4CCCCC4)[C@H]4CC[C@]5(C)[C@@H](C6=CC(=O)OC6)CC[C@@]5(O)[C@@H]4CC[C@]3(O)C2)C[C@@H](O)[C@H]1O. The predicted molar refractivity (Wildman–Crippen MR) is 171 cm³/mol. The Balaban J connectivity index is 1.14. The first-order chi connectivity index (χ1) is 22.0. The minimum atomic E-state index is -1.04. The largest absolute Gasteiger partial charge is 0.458 e. The van der Waals surface area contributed by atoms with Gasteiger partial charge in [0.05, 0.1) is 36.1 Å². The summed E-state index contributed by atoms with van der Waals surface area (Å²) >= 11 is 0. The van der Waals surface area contributed by atoms with E-state index >= 15 is 0 Å². The summed E-state index contributed by atoms with van der Waals surface area (Å²) in [6, 6.07) is 0. The monoisotopic (exact) mass is 644 g/mol. The number of rotatable bonds is 7. The topological polar surface area (TPSA) is 141 Å². The lowest BCUT2D eigenvalue weighted by Crippen LogP contribution is -2.69. The summed E-state index contributed by atoms with van der Waals surface area (Å²) in [5.74, 6) is -0.0415. The molecule has 3 heterocycles. The van der Waals surface area contributed by atoms with Crippen LogP contribution in [0.3, 0.4) is 0 Å². The van der Waals surface area contributed by atoms with E-state index in [1.165, 1.54) is 19.3 Å². The molecule has 7 rings (SSSR count). The molecule has 0 aromatic carbocycles. The molecule has 3 aliphatic heterocycles. The van der Waals surface area contributed by atoms with Crippen molar-refractivity contribution in [1.82, 2.24) is 4.90 Å². The van der Waals surface area contributed by atoms with Crippen LogP contribution in [-0.4, -0.2) is 112 Å². The number of likely N-dealkylation sites (tertiary alicyclic amines) is 1. The molecule has 4 saturated carbocycles. The average Bonchev–Trinajstić information content (AvgIpc) is 3.58. The van der Waals surface area contributed by atoms with E-state index in [-0.39, 0.29) is 41.7 Å². The van der Waals surface area contributed by atoms with Crippen molar-refractivity contribution in [1.29, 1.82) is 0 Å². The maximum absolute atomic E-state index is 12.8. The molecule has 258 valence electrons. The zero-order valence-electron chi connectivity index (χ0n) is 27.8. The van der Waals surface area contributed by atoms with Crippen LogP contribution in [0.5, 0.6) is 0 Å². The van der Waals surface area contributed by atoms with Crippen LogP contribution < -0.4 is 0 Å². The number of piperidine rings is 1. The number of hydrogen-bond donors (Lipinski definition) is 4. The second-order valence-electron chi connectivity index (χ2n) is 16.1. The van der Waals surface area contributed by atoms with E-state index in [0.717, 1.165) is 57.3 Å². The van der Waals surface area contributed by atoms with Gasteiger partial charge in [-0.2, -0.15) is 0 Å². The van der Waals surface area contributed by atoms with E-state index in [9.17, 15) is 25.2 Å². The van der Waals surface area contributed by atoms with E-state index in [0.29, 0.717) is 38.8 Å². The molecule has 6 fully saturated rings. The number of carbonyl (C=O) groups excluding carboxylic acids is 1. The highest BCUT2D eigenvalue weighted by Crippen LogP contribution is 2.70. The number of carbonyl (C=O) groups is 1. The van der Waals surface area contributed by atoms with Gasteiger partial charge in [-0.1, -0.05) is 13.3 Å². The highest BCUT2D eigenvalue weighted by molar-refractivity contribution is 5.85. The molecular weight excluding hydrogens is 588 g/mol. The van der Waals surface area contributed by atoms with Gasteiger partial charge in [0.1, 0.15) is 12.7 Å². The van der Waals surface area contributed by atoms with Gasteiger partial charge < -0.3 is 39.5 Å². The third kappa shape index (κ3) is 5.42. The first-order valence-electron chi connectivity index (χ1n) is 18.2. The van der Waals surface area contributed by atoms with E-state index in [4.69, 9.17) is 19.2 Å². The molecule has 0 unspecified atom stereocenters. The number of cyclic esters (lactones) is 1. The van der Waals surface area contributed by atoms with Gasteiger partial charge in [-0.25, -0.2) is 4.79 Å². The molecule has 0 aromatic heterocycles. The van der Waals surface area contributed by atoms with Gasteiger partial charge in [-0.05, 0) is 108 Å². The van der Waals surface area contributed by atoms with Gasteiger partial charge in [0.15, 0.2) is 6.29 Å². The molecule has 0 aromatic rings. The van der Waals surface area contributed by atoms with Crippen molar-refractivity contribution in [3.63, 3.8) is 0 Å². The molecule has 0 amide bonds. The Bertz CT molecular complexity index is 1190. The van der Waals surface area contributed by atoms with Crippen molar-refractivity contribution in [3.8, 4) is 0 Å². The quantitative estimate of drug-likeness (QED) is 0.187. The fourth-order valence-electron chi connectivity index (χ4n) is 11.4. The molecule has 4 N–H and O–H groups in total. The molecule has 10 nitrogen and oxygen atoms in total. The highest BCUT2D eigenvalue weighted by atomic mass is 16.7. The normalized spacial score (nSPS) is 49.7. The molecule has 0 bridgehead atoms. The lowest BCUT2D eigenvalue weighted by atomic mass is 9.41. The van der Waals surface area contributed by atoms with Gasteiger partial charge in [-0.3, -0.25) is 4.99 Å². The van der Waals surface area contributed by atoms with E-state index in [1.807, 2.05) is 0 Å². The first kappa shape index (κ1) is 33.1. The summed E-state index contributed by atoms with van der Waals surface area (Å²) in [5.41, 5.74) is -1.83. The van der Waals surface area contributed by atoms with E-state index in [2.05, 4.69) is 18.0 Å². The van der Waals surface area contributed by atoms with Gasteiger partial charge >= 0.3 is 5.97 Å². The first-order valence-corrected chi connectivity index (χ1v) is 18.2. The van der Waals surface area contributed by atoms with Gasteiger partial charge in [0, 0.05) is 42.5 Å². The zero-order chi connectivity index (χ0) is 32.3. The number of aliphatic hydroxyl groups is 4. The van der Waals surface area contributed by atoms with Crippen LogP contribution >= 0.6 is 0 Å². The number of aliphatic imine (C=N–C) groups is 1. The molecular formula is C36H56N2O8. The smallest absolute Gasteiger partial charge is 0.331 e. The number of nitrogens with zero attached hydrogens (tertiary/aromatic N) is 2. The third-order valence-electron chi connectivity index (χ3n) is 14.0. The fraction of sp³-hybridized carbons (Fsp3) is 0.889. The Labute approximate surface area is 273 Å². The molecule has 10 heteroatoms. The molecule has 12 atom stereocenters. The van der Waals surface area contributed by atoms with Crippen molar-refractivity contribution in [2.45, 2.75) is 139 Å². The van der Waals surface area contributed by atoms with Gasteiger partial charge in [-0.15, -0.1) is 0 Å². The maximum atomic E-state index is 12.8. The van der Waals surface area contributed by atoms with Crippen LogP contribution in [0.1, 0.15) is 97.3 Å². The molecule has 46 heavy (non-hydrogen) atoms. The van der Waals surface area contributed by atoms with Crippen molar-refractivity contribution >= 4 is 12.2 Å². The summed E-state index contributed by atoms with van der Waals surface area (Å²) in [6.45, 7) is 8.19. The Morgan fingerprint density at radius 1 is 1.04 bits per heavy atom. The highest BCUT2D eigenvalue weighted by Gasteiger charge is 2.71. The fourth-order valence-corrected chi connectivity index (χ4v) is 11.4. The van der Waals surface area contributed by atoms with Crippen molar-refractivity contribution < 1.29 is 39.4 Å². The van der Waals surface area contributed by atoms with Crippen LogP contribution in [0.15, 0.2) is 16.6 Å². The minimum absolute atomic E-state index is 0.0281. The van der Waals surface area contributed by atoms with Crippen molar-refractivity contribution in [3.05, 3.63) is 11.6 Å². The molecule has 4 aliphatic carbocycles. The van der Waals surface area contributed by atoms with Crippen molar-refractivity contribution in [2.24, 2.45) is 33.6 Å². The van der Waals surface area contributed by atoms with E-state index < -0.39 is 41.2 Å². The maximum Gasteiger partial charge on any atom is 0.331 e. The number of hydrogen-bond acceptors (Lipinski definition) is 10. The minimum Gasteiger partial charge on any atom is -0.458 e. The van der Waals surface area contributed by atoms with E-state index in [1.54, 1.807) is 13.0 Å². The summed E-state index contributed by atoms with van der Waals surface area (Å²) in [4.78, 5) is 19.6. The Hall–Kier alpha value is -1.40. The van der Waals surface area contributed by atoms with Gasteiger partial charge in [0.2, 0.25) is 0 Å². The lowest BCUT2D eigenvalue weighted by molar-refractivity contribution is -0.282. The predicted octanol–water partition coefficient (Wildman–Crippen LogP) is 3.14. The third-order valence-corrected chi connectivity index (χ3v) is 14.0. The zero-order valence-corrected chi connectivity index (χ0v) is 27.8. The van der Waals surface area contributed by atoms with Crippen LogP contribution in [0.25, 0.3) is 0 Å². The van der Waals surface area contributed by atoms with Crippen LogP contribution in [0.4, 0.5) is 0 Å². The summed E-state index contributed by atoms with van der Waals surface area (Å²) in [5, 5.41) is 46.0. The number of fused-ring (bicyclic) bond motifs is 5. The Kier molecular flexibility index (Phi) is 8.99. The van der Waals surface area contributed by atoms with Crippen LogP contribution in [0, 0.1) is 28.6 Å². The molecule has 0 radical (unpaired) electrons. The van der Waals surface area contributed by atoms with Crippen LogP contribution in [0.2, 0.25) is 0 Å². The number of ether oxygens (including phenoxy) is 3. The molecule has 7 aliphatic rings. The molecule has 2 saturated heterocycles. The second-order valence-corrected chi connectivity index (χ2v) is 16.1. The average molecular weight is 645 g/mol. The van der Waals surface area contributed by atoms with Crippen molar-refractivity contribution in [2.75, 3.05) is 32.8 Å². The number of esters is 1. The van der Waals surface area contributed by atoms with Crippen LogP contribution in [-0.2, 0) is 19.0 Å². The standard InChI is InChI=1S/C36H56N2O8/c1-23-32(41)29(39)19-31(45-23)46-25-6-11-34(22-37-14-17-38-15-4-3-5-16-38)27-7-10-33(2)26(24-18-30(40)44-21-24)9-13-36(33,43)28(27)8-12-35(34,42)20-25/h18,22-23,25-29,31-32,39,41-43H,3-17,19-21H2,1-2H3/t23-,25-,26-,27+,28-,29-,31+,32+,33-,34+,35+,36-/m1/s1. The number of aliphatic hydroxyl groups excluding tert-OH is 2. The second kappa shape index (κ2) is 12.5. The van der Waals surface area contributed by atoms with Gasteiger partial charge in [0.25, 0.3) is 0 Å². The Morgan fingerprint density at radius 3 is 2.57 bits per heavy atom. The summed E-state index contributed by atoms with van der Waals surface area (Å²) in [7, 11) is 0. The summed E-state index contributed by atoms with van der Waals surface area (Å²) < 4.78 is 17.6. The lowest BCUT2D eigenvalue weighted by Gasteiger charge is -2.66. The Morgan fingerprint density at radius 2 is 1.83 bits per heavy atom.